The highest BCUT2D eigenvalue weighted by atomic mass is 15.2. The molecule has 0 aromatic heterocycles. The third-order valence-corrected chi connectivity index (χ3v) is 15.9. The van der Waals surface area contributed by atoms with Gasteiger partial charge in [-0.3, -0.25) is 0 Å². The summed E-state index contributed by atoms with van der Waals surface area (Å²) >= 11 is 0. The molecule has 2 atom stereocenters. The second-order valence-electron chi connectivity index (χ2n) is 21.9. The van der Waals surface area contributed by atoms with Crippen LogP contribution in [0.2, 0.25) is 0 Å². The number of aryl methyl sites for hydroxylation is 2. The maximum absolute atomic E-state index is 2.63. The predicted molar refractivity (Wildman–Crippen MR) is 284 cm³/mol. The first-order valence-corrected chi connectivity index (χ1v) is 24.4. The van der Waals surface area contributed by atoms with Crippen LogP contribution in [-0.4, -0.2) is 0 Å². The molecule has 330 valence electrons. The van der Waals surface area contributed by atoms with Gasteiger partial charge in [0.25, 0.3) is 0 Å². The topological polar surface area (TPSA) is 6.48 Å². The van der Waals surface area contributed by atoms with Crippen molar-refractivity contribution in [3.8, 4) is 22.3 Å². The molecule has 0 N–H and O–H groups in total. The van der Waals surface area contributed by atoms with Gasteiger partial charge in [-0.1, -0.05) is 186 Å². The van der Waals surface area contributed by atoms with E-state index in [1.54, 1.807) is 0 Å². The Bertz CT molecular complexity index is 3320. The van der Waals surface area contributed by atoms with E-state index in [1.807, 2.05) is 0 Å². The van der Waals surface area contributed by atoms with E-state index in [-0.39, 0.29) is 10.8 Å². The summed E-state index contributed by atoms with van der Waals surface area (Å²) in [4.78, 5) is 5.03. The quantitative estimate of drug-likeness (QED) is 0.171. The first-order chi connectivity index (χ1) is 32.8. The molecular formula is C66H56N2. The smallest absolute Gasteiger partial charge is 0.0754 e. The monoisotopic (exact) mass is 876 g/mol. The van der Waals surface area contributed by atoms with Crippen LogP contribution in [0, 0.1) is 13.8 Å². The van der Waals surface area contributed by atoms with Gasteiger partial charge in [0.1, 0.15) is 0 Å². The predicted octanol–water partition coefficient (Wildman–Crippen LogP) is 17.2. The molecule has 9 aromatic rings. The lowest BCUT2D eigenvalue weighted by Crippen LogP contribution is -2.37. The van der Waals surface area contributed by atoms with Crippen molar-refractivity contribution < 1.29 is 0 Å². The van der Waals surface area contributed by atoms with E-state index in [4.69, 9.17) is 0 Å². The average Bonchev–Trinajstić information content (AvgIpc) is 3.79. The summed E-state index contributed by atoms with van der Waals surface area (Å²) in [6.45, 7) is 18.3. The molecule has 13 rings (SSSR count). The first kappa shape index (κ1) is 40.8. The molecule has 2 spiro atoms. The van der Waals surface area contributed by atoms with Crippen LogP contribution < -0.4 is 9.80 Å². The summed E-state index contributed by atoms with van der Waals surface area (Å²) < 4.78 is 0. The normalized spacial score (nSPS) is 18.1. The SMILES string of the molecule is Cc1ccc2c(c1)C1(c3ccccc3-c3cc4c(cc31)-c1ccccc1C41c3ccccc3N(c3ccc(C(C)(C)C)cc3)c3ccc(C)cc31)c1ccccc1N2c1ccc(C(C)(C)C)cc1. The van der Waals surface area contributed by atoms with Crippen molar-refractivity contribution in [2.75, 3.05) is 9.80 Å². The zero-order chi connectivity index (χ0) is 46.5. The Morgan fingerprint density at radius 3 is 1.01 bits per heavy atom. The lowest BCUT2D eigenvalue weighted by Gasteiger charge is -2.46. The molecule has 2 aliphatic heterocycles. The molecule has 0 fully saturated rings. The van der Waals surface area contributed by atoms with E-state index >= 15 is 0 Å². The van der Waals surface area contributed by atoms with Crippen molar-refractivity contribution in [2.24, 2.45) is 0 Å². The molecule has 0 bridgehead atoms. The van der Waals surface area contributed by atoms with Crippen molar-refractivity contribution in [1.29, 1.82) is 0 Å². The van der Waals surface area contributed by atoms with Gasteiger partial charge in [-0.25, -0.2) is 0 Å². The minimum atomic E-state index is -0.569. The fourth-order valence-electron chi connectivity index (χ4n) is 12.8. The van der Waals surface area contributed by atoms with E-state index in [0.717, 1.165) is 0 Å². The van der Waals surface area contributed by atoms with Gasteiger partial charge in [-0.2, -0.15) is 0 Å². The summed E-state index contributed by atoms with van der Waals surface area (Å²) in [6, 6.07) is 75.1. The molecular weight excluding hydrogens is 821 g/mol. The van der Waals surface area contributed by atoms with Crippen LogP contribution in [-0.2, 0) is 21.7 Å². The summed E-state index contributed by atoms with van der Waals surface area (Å²) in [5.74, 6) is 0. The van der Waals surface area contributed by atoms with Crippen molar-refractivity contribution in [2.45, 2.75) is 77.0 Å². The Labute approximate surface area is 402 Å². The van der Waals surface area contributed by atoms with Crippen LogP contribution in [0.4, 0.5) is 34.1 Å². The molecule has 2 aliphatic carbocycles. The van der Waals surface area contributed by atoms with Crippen molar-refractivity contribution in [3.05, 3.63) is 261 Å². The standard InChI is InChI=1S/C66H56N2/c1-41-25-35-61-57(37-41)65(53-21-13-15-23-59(53)67(61)45-31-27-43(28-32-45)63(3,4)5)51-19-11-9-17-47(51)49-40-56-50(39-55(49)65)48-18-10-12-20-52(48)66(56)54-22-14-16-24-60(54)68(62-36-26-42(2)38-58(62)66)46-33-29-44(30-34-46)64(6,7)8/h9-40H,1-8H3. The maximum Gasteiger partial charge on any atom is 0.0754 e. The lowest BCUT2D eigenvalue weighted by molar-refractivity contribution is 0.590. The Morgan fingerprint density at radius 1 is 0.294 bits per heavy atom. The van der Waals surface area contributed by atoms with Gasteiger partial charge >= 0.3 is 0 Å². The molecule has 68 heavy (non-hydrogen) atoms. The summed E-state index contributed by atoms with van der Waals surface area (Å²) in [5, 5.41) is 0. The highest BCUT2D eigenvalue weighted by Gasteiger charge is 2.56. The van der Waals surface area contributed by atoms with E-state index in [0.29, 0.717) is 0 Å². The molecule has 0 radical (unpaired) electrons. The van der Waals surface area contributed by atoms with Crippen LogP contribution >= 0.6 is 0 Å². The molecule has 0 saturated carbocycles. The zero-order valence-electron chi connectivity index (χ0n) is 40.4. The third kappa shape index (κ3) is 5.35. The first-order valence-electron chi connectivity index (χ1n) is 24.4. The second-order valence-corrected chi connectivity index (χ2v) is 21.9. The van der Waals surface area contributed by atoms with Gasteiger partial charge in [0, 0.05) is 11.4 Å². The number of rotatable bonds is 2. The number of anilines is 6. The minimum absolute atomic E-state index is 0.0600. The fraction of sp³-hybridized carbons (Fsp3) is 0.182. The number of nitrogens with zero attached hydrogens (tertiary/aromatic N) is 2. The van der Waals surface area contributed by atoms with E-state index in [2.05, 4.69) is 259 Å². The van der Waals surface area contributed by atoms with Crippen LogP contribution in [0.15, 0.2) is 194 Å². The van der Waals surface area contributed by atoms with E-state index in [1.165, 1.54) is 123 Å². The number of hydrogen-bond donors (Lipinski definition) is 0. The molecule has 4 aliphatic rings. The summed E-state index contributed by atoms with van der Waals surface area (Å²) in [5.41, 5.74) is 27.2. The Kier molecular flexibility index (Phi) is 8.44. The zero-order valence-corrected chi connectivity index (χ0v) is 40.4. The second kappa shape index (κ2) is 14.1. The van der Waals surface area contributed by atoms with Gasteiger partial charge in [-0.15, -0.1) is 0 Å². The Morgan fingerprint density at radius 2 is 0.632 bits per heavy atom. The fourth-order valence-corrected chi connectivity index (χ4v) is 12.8. The van der Waals surface area contributed by atoms with E-state index < -0.39 is 10.8 Å². The van der Waals surface area contributed by atoms with Crippen LogP contribution in [0.3, 0.4) is 0 Å². The maximum atomic E-state index is 2.63. The van der Waals surface area contributed by atoms with Crippen molar-refractivity contribution in [1.82, 2.24) is 0 Å². The average molecular weight is 877 g/mol. The molecule has 2 nitrogen and oxygen atoms in total. The van der Waals surface area contributed by atoms with Crippen molar-refractivity contribution >= 4 is 34.1 Å². The molecule has 2 heteroatoms. The lowest BCUT2D eigenvalue weighted by atomic mass is 9.63. The highest BCUT2D eigenvalue weighted by Crippen LogP contribution is 2.68. The number of para-hydroxylation sites is 2. The number of fused-ring (bicyclic) bond motifs is 18. The largest absolute Gasteiger partial charge is 0.310 e. The molecule has 2 unspecified atom stereocenters. The summed E-state index contributed by atoms with van der Waals surface area (Å²) in [6.07, 6.45) is 0. The van der Waals surface area contributed by atoms with Gasteiger partial charge in [0.05, 0.1) is 33.6 Å². The van der Waals surface area contributed by atoms with Gasteiger partial charge in [0.15, 0.2) is 0 Å². The molecule has 0 saturated heterocycles. The molecule has 9 aromatic carbocycles. The highest BCUT2D eigenvalue weighted by molar-refractivity contribution is 6.01. The molecule has 2 heterocycles. The van der Waals surface area contributed by atoms with Gasteiger partial charge in [-0.05, 0) is 163 Å². The van der Waals surface area contributed by atoms with Crippen molar-refractivity contribution in [3.63, 3.8) is 0 Å². The van der Waals surface area contributed by atoms with Gasteiger partial charge < -0.3 is 9.80 Å². The van der Waals surface area contributed by atoms with E-state index in [9.17, 15) is 0 Å². The summed E-state index contributed by atoms with van der Waals surface area (Å²) in [7, 11) is 0. The number of hydrogen-bond acceptors (Lipinski definition) is 2. The van der Waals surface area contributed by atoms with Gasteiger partial charge in [0.2, 0.25) is 0 Å². The Hall–Kier alpha value is -7.42. The van der Waals surface area contributed by atoms with Crippen LogP contribution in [0.5, 0.6) is 0 Å². The Balaban J connectivity index is 1.10. The third-order valence-electron chi connectivity index (χ3n) is 15.9. The number of benzene rings is 9. The minimum Gasteiger partial charge on any atom is -0.310 e. The molecule has 0 amide bonds. The van der Waals surface area contributed by atoms with Crippen LogP contribution in [0.25, 0.3) is 22.3 Å². The van der Waals surface area contributed by atoms with Crippen LogP contribution in [0.1, 0.15) is 108 Å².